The van der Waals surface area contributed by atoms with Crippen molar-refractivity contribution in [1.29, 1.82) is 0 Å². The quantitative estimate of drug-likeness (QED) is 0.780. The van der Waals surface area contributed by atoms with Gasteiger partial charge in [-0.1, -0.05) is 18.2 Å². The number of benzene rings is 2. The van der Waals surface area contributed by atoms with E-state index in [4.69, 9.17) is 0 Å². The van der Waals surface area contributed by atoms with Gasteiger partial charge in [0.05, 0.1) is 17.4 Å². The lowest BCUT2D eigenvalue weighted by molar-refractivity contribution is 0.102. The van der Waals surface area contributed by atoms with Crippen molar-refractivity contribution in [3.8, 4) is 0 Å². The summed E-state index contributed by atoms with van der Waals surface area (Å²) in [6.45, 7) is 1.95. The third-order valence-corrected chi connectivity index (χ3v) is 4.69. The molecule has 1 aromatic heterocycles. The molecule has 1 fully saturated rings. The van der Waals surface area contributed by atoms with E-state index in [-0.39, 0.29) is 5.91 Å². The number of imidazole rings is 1. The minimum atomic E-state index is -0.0622. The first-order valence-electron chi connectivity index (χ1n) is 8.24. The Hall–Kier alpha value is -2.66. The molecule has 2 heterocycles. The van der Waals surface area contributed by atoms with Gasteiger partial charge in [-0.15, -0.1) is 0 Å². The molecule has 0 aliphatic carbocycles. The van der Waals surface area contributed by atoms with Crippen LogP contribution < -0.4 is 10.6 Å². The molecule has 4 rings (SSSR count). The SMILES string of the molecule is Cn1cnc2cc(NC(=O)c3ccccc3C3CCNC3)ccc21. The number of nitrogens with zero attached hydrogens (tertiary/aromatic N) is 2. The fourth-order valence-electron chi connectivity index (χ4n) is 3.39. The van der Waals surface area contributed by atoms with E-state index in [1.807, 2.05) is 48.0 Å². The molecule has 1 atom stereocenters. The molecule has 0 radical (unpaired) electrons. The molecule has 24 heavy (non-hydrogen) atoms. The van der Waals surface area contributed by atoms with Crippen molar-refractivity contribution in [3.63, 3.8) is 0 Å². The van der Waals surface area contributed by atoms with Crippen LogP contribution in [0.5, 0.6) is 0 Å². The number of fused-ring (bicyclic) bond motifs is 1. The number of anilines is 1. The summed E-state index contributed by atoms with van der Waals surface area (Å²) in [7, 11) is 1.96. The van der Waals surface area contributed by atoms with Crippen LogP contribution in [0.25, 0.3) is 11.0 Å². The van der Waals surface area contributed by atoms with Gasteiger partial charge in [0.1, 0.15) is 0 Å². The van der Waals surface area contributed by atoms with E-state index in [1.165, 1.54) is 0 Å². The summed E-state index contributed by atoms with van der Waals surface area (Å²) < 4.78 is 1.96. The zero-order valence-electron chi connectivity index (χ0n) is 13.6. The second kappa shape index (κ2) is 6.09. The third-order valence-electron chi connectivity index (χ3n) is 4.69. The molecule has 1 amide bonds. The molecular formula is C19H20N4O. The van der Waals surface area contributed by atoms with E-state index < -0.39 is 0 Å². The molecule has 1 aliphatic rings. The van der Waals surface area contributed by atoms with Crippen LogP contribution in [0.3, 0.4) is 0 Å². The Kier molecular flexibility index (Phi) is 3.78. The molecular weight excluding hydrogens is 300 g/mol. The van der Waals surface area contributed by atoms with E-state index in [0.29, 0.717) is 5.92 Å². The number of carbonyl (C=O) groups is 1. The Morgan fingerprint density at radius 3 is 3.00 bits per heavy atom. The average molecular weight is 320 g/mol. The zero-order chi connectivity index (χ0) is 16.5. The lowest BCUT2D eigenvalue weighted by Crippen LogP contribution is -2.17. The van der Waals surface area contributed by atoms with Crippen molar-refractivity contribution in [1.82, 2.24) is 14.9 Å². The molecule has 122 valence electrons. The first-order chi connectivity index (χ1) is 11.7. The predicted molar refractivity (Wildman–Crippen MR) is 95.3 cm³/mol. The summed E-state index contributed by atoms with van der Waals surface area (Å²) >= 11 is 0. The minimum absolute atomic E-state index is 0.0622. The van der Waals surface area contributed by atoms with E-state index in [2.05, 4.69) is 21.7 Å². The second-order valence-electron chi connectivity index (χ2n) is 6.29. The Labute approximate surface area is 140 Å². The average Bonchev–Trinajstić information content (AvgIpc) is 3.25. The number of hydrogen-bond acceptors (Lipinski definition) is 3. The maximum Gasteiger partial charge on any atom is 0.255 e. The summed E-state index contributed by atoms with van der Waals surface area (Å²) in [4.78, 5) is 17.1. The van der Waals surface area contributed by atoms with Crippen molar-refractivity contribution in [3.05, 3.63) is 59.9 Å². The summed E-state index contributed by atoms with van der Waals surface area (Å²) in [5.41, 5.74) is 4.57. The number of hydrogen-bond donors (Lipinski definition) is 2. The van der Waals surface area contributed by atoms with Gasteiger partial charge in [-0.3, -0.25) is 4.79 Å². The van der Waals surface area contributed by atoms with Gasteiger partial charge in [-0.2, -0.15) is 0 Å². The normalized spacial score (nSPS) is 17.3. The van der Waals surface area contributed by atoms with E-state index in [9.17, 15) is 4.79 Å². The van der Waals surface area contributed by atoms with Crippen LogP contribution in [0.1, 0.15) is 28.3 Å². The summed E-state index contributed by atoms with van der Waals surface area (Å²) in [6.07, 6.45) is 2.85. The third kappa shape index (κ3) is 2.67. The number of amides is 1. The summed E-state index contributed by atoms with van der Waals surface area (Å²) in [5, 5.41) is 6.38. The zero-order valence-corrected chi connectivity index (χ0v) is 13.6. The van der Waals surface area contributed by atoms with Crippen LogP contribution in [-0.2, 0) is 7.05 Å². The Morgan fingerprint density at radius 2 is 2.17 bits per heavy atom. The molecule has 0 spiro atoms. The number of rotatable bonds is 3. The van der Waals surface area contributed by atoms with Crippen LogP contribution in [0, 0.1) is 0 Å². The van der Waals surface area contributed by atoms with E-state index >= 15 is 0 Å². The summed E-state index contributed by atoms with van der Waals surface area (Å²) in [5.74, 6) is 0.345. The Balaban J connectivity index is 1.61. The largest absolute Gasteiger partial charge is 0.334 e. The number of aryl methyl sites for hydroxylation is 1. The lowest BCUT2D eigenvalue weighted by Gasteiger charge is -2.14. The van der Waals surface area contributed by atoms with Crippen LogP contribution in [-0.4, -0.2) is 28.5 Å². The van der Waals surface area contributed by atoms with Gasteiger partial charge in [-0.05, 0) is 48.7 Å². The lowest BCUT2D eigenvalue weighted by atomic mass is 9.93. The van der Waals surface area contributed by atoms with Crippen molar-refractivity contribution >= 4 is 22.6 Å². The smallest absolute Gasteiger partial charge is 0.255 e. The molecule has 1 aliphatic heterocycles. The first-order valence-corrected chi connectivity index (χ1v) is 8.24. The second-order valence-corrected chi connectivity index (χ2v) is 6.29. The van der Waals surface area contributed by atoms with E-state index in [1.54, 1.807) is 6.33 Å². The molecule has 3 aromatic rings. The van der Waals surface area contributed by atoms with Crippen LogP contribution in [0.15, 0.2) is 48.8 Å². The summed E-state index contributed by atoms with van der Waals surface area (Å²) in [6, 6.07) is 13.7. The number of aromatic nitrogens is 2. The van der Waals surface area contributed by atoms with Crippen LogP contribution in [0.4, 0.5) is 5.69 Å². The van der Waals surface area contributed by atoms with Gasteiger partial charge in [0, 0.05) is 24.8 Å². The highest BCUT2D eigenvalue weighted by molar-refractivity contribution is 6.06. The van der Waals surface area contributed by atoms with Gasteiger partial charge in [0.2, 0.25) is 0 Å². The van der Waals surface area contributed by atoms with Crippen molar-refractivity contribution in [2.75, 3.05) is 18.4 Å². The highest BCUT2D eigenvalue weighted by Crippen LogP contribution is 2.26. The van der Waals surface area contributed by atoms with Gasteiger partial charge in [0.15, 0.2) is 0 Å². The van der Waals surface area contributed by atoms with Gasteiger partial charge >= 0.3 is 0 Å². The minimum Gasteiger partial charge on any atom is -0.334 e. The molecule has 1 saturated heterocycles. The van der Waals surface area contributed by atoms with Gasteiger partial charge in [0.25, 0.3) is 5.91 Å². The Morgan fingerprint density at radius 1 is 1.29 bits per heavy atom. The van der Waals surface area contributed by atoms with Crippen LogP contribution >= 0.6 is 0 Å². The van der Waals surface area contributed by atoms with Gasteiger partial charge in [-0.25, -0.2) is 4.98 Å². The van der Waals surface area contributed by atoms with Gasteiger partial charge < -0.3 is 15.2 Å². The first kappa shape index (κ1) is 14.9. The fraction of sp³-hybridized carbons (Fsp3) is 0.263. The molecule has 1 unspecified atom stereocenters. The maximum atomic E-state index is 12.8. The number of carbonyl (C=O) groups excluding carboxylic acids is 1. The van der Waals surface area contributed by atoms with Crippen molar-refractivity contribution in [2.24, 2.45) is 7.05 Å². The molecule has 0 saturated carbocycles. The number of nitrogens with one attached hydrogen (secondary N) is 2. The highest BCUT2D eigenvalue weighted by Gasteiger charge is 2.22. The monoisotopic (exact) mass is 320 g/mol. The fourth-order valence-corrected chi connectivity index (χ4v) is 3.39. The van der Waals surface area contributed by atoms with Crippen LogP contribution in [0.2, 0.25) is 0 Å². The molecule has 5 heteroatoms. The van der Waals surface area contributed by atoms with E-state index in [0.717, 1.165) is 47.4 Å². The molecule has 5 nitrogen and oxygen atoms in total. The Bertz CT molecular complexity index is 893. The molecule has 2 N–H and O–H groups in total. The predicted octanol–water partition coefficient (Wildman–Crippen LogP) is 2.90. The van der Waals surface area contributed by atoms with Crippen molar-refractivity contribution in [2.45, 2.75) is 12.3 Å². The molecule has 0 bridgehead atoms. The standard InChI is InChI=1S/C19H20N4O/c1-23-12-21-17-10-14(6-7-18(17)23)22-19(24)16-5-3-2-4-15(16)13-8-9-20-11-13/h2-7,10,12-13,20H,8-9,11H2,1H3,(H,22,24). The highest BCUT2D eigenvalue weighted by atomic mass is 16.1. The maximum absolute atomic E-state index is 12.8. The van der Waals surface area contributed by atoms with Crippen molar-refractivity contribution < 1.29 is 4.79 Å². The topological polar surface area (TPSA) is 59.0 Å². The molecule has 2 aromatic carbocycles.